The van der Waals surface area contributed by atoms with Crippen molar-refractivity contribution in [2.45, 2.75) is 44.4 Å². The third-order valence-corrected chi connectivity index (χ3v) is 6.64. The zero-order chi connectivity index (χ0) is 19.1. The van der Waals surface area contributed by atoms with Gasteiger partial charge in [0.05, 0.1) is 11.8 Å². The summed E-state index contributed by atoms with van der Waals surface area (Å²) in [6.45, 7) is 5.53. The highest BCUT2D eigenvalue weighted by Crippen LogP contribution is 2.50. The molecule has 1 atom stereocenters. The van der Waals surface area contributed by atoms with E-state index >= 15 is 0 Å². The molecule has 0 radical (unpaired) electrons. The highest BCUT2D eigenvalue weighted by molar-refractivity contribution is 9.10. The molecule has 1 saturated heterocycles. The zero-order valence-corrected chi connectivity index (χ0v) is 17.7. The van der Waals surface area contributed by atoms with Gasteiger partial charge >= 0.3 is 0 Å². The lowest BCUT2D eigenvalue weighted by Gasteiger charge is -2.51. The van der Waals surface area contributed by atoms with Gasteiger partial charge < -0.3 is 9.64 Å². The molecule has 28 heavy (non-hydrogen) atoms. The summed E-state index contributed by atoms with van der Waals surface area (Å²) in [5.41, 5.74) is 3.16. The summed E-state index contributed by atoms with van der Waals surface area (Å²) < 4.78 is 7.78. The summed E-state index contributed by atoms with van der Waals surface area (Å²) >= 11 is 3.63. The predicted molar refractivity (Wildman–Crippen MR) is 113 cm³/mol. The molecule has 1 fully saturated rings. The zero-order valence-electron chi connectivity index (χ0n) is 16.1. The molecule has 146 valence electrons. The molecule has 0 bridgehead atoms. The Labute approximate surface area is 174 Å². The molecule has 1 aromatic heterocycles. The van der Waals surface area contributed by atoms with Crippen molar-refractivity contribution in [3.05, 3.63) is 58.3 Å². The summed E-state index contributed by atoms with van der Waals surface area (Å²) in [5.74, 6) is 1.01. The maximum Gasteiger partial charge on any atom is 0.200 e. The lowest BCUT2D eigenvalue weighted by atomic mass is 9.91. The minimum Gasteiger partial charge on any atom is -0.466 e. The molecular weight excluding hydrogens is 416 g/mol. The van der Waals surface area contributed by atoms with E-state index in [0.717, 1.165) is 60.4 Å². The van der Waals surface area contributed by atoms with Crippen molar-refractivity contribution in [3.8, 4) is 5.75 Å². The van der Waals surface area contributed by atoms with Crippen LogP contribution in [0.2, 0.25) is 0 Å². The summed E-state index contributed by atoms with van der Waals surface area (Å²) in [5, 5.41) is 7.40. The van der Waals surface area contributed by atoms with Gasteiger partial charge in [-0.05, 0) is 43.3 Å². The molecule has 0 aliphatic carbocycles. The first kappa shape index (κ1) is 18.1. The van der Waals surface area contributed by atoms with Crippen LogP contribution in [0.1, 0.15) is 49.8 Å². The quantitative estimate of drug-likeness (QED) is 0.699. The number of hydrazone groups is 1. The molecule has 5 rings (SSSR count). The van der Waals surface area contributed by atoms with Gasteiger partial charge in [-0.1, -0.05) is 22.9 Å². The van der Waals surface area contributed by atoms with Gasteiger partial charge in [0, 0.05) is 60.3 Å². The highest BCUT2D eigenvalue weighted by Gasteiger charge is 2.51. The number of hydrogen-bond acceptors (Lipinski definition) is 5. The smallest absolute Gasteiger partial charge is 0.200 e. The Kier molecular flexibility index (Phi) is 4.63. The molecule has 0 N–H and O–H groups in total. The minimum atomic E-state index is -0.343. The monoisotopic (exact) mass is 440 g/mol. The second-order valence-electron chi connectivity index (χ2n) is 7.92. The van der Waals surface area contributed by atoms with Crippen LogP contribution in [0.5, 0.6) is 5.75 Å². The van der Waals surface area contributed by atoms with E-state index in [1.54, 1.807) is 0 Å². The summed E-state index contributed by atoms with van der Waals surface area (Å²) in [7, 11) is 0. The van der Waals surface area contributed by atoms with Crippen molar-refractivity contribution in [2.24, 2.45) is 5.10 Å². The van der Waals surface area contributed by atoms with E-state index in [2.05, 4.69) is 68.1 Å². The Bertz CT molecular complexity index is 893. The van der Waals surface area contributed by atoms with Gasteiger partial charge in [-0.25, -0.2) is 5.01 Å². The Balaban J connectivity index is 1.53. The number of ether oxygens (including phenoxy) is 1. The van der Waals surface area contributed by atoms with Gasteiger partial charge in [-0.15, -0.1) is 0 Å². The molecule has 1 spiro atoms. The Morgan fingerprint density at radius 2 is 1.96 bits per heavy atom. The molecule has 3 aliphatic rings. The SMILES string of the molecule is CCCN1CCC2(CC1)Oc1ccc(Br)cc1[C@H]1CC(c3ccncc3)=NN12. The summed E-state index contributed by atoms with van der Waals surface area (Å²) in [6, 6.07) is 10.7. The van der Waals surface area contributed by atoms with Crippen LogP contribution in [0.25, 0.3) is 0 Å². The fraction of sp³-hybridized carbons (Fsp3) is 0.455. The second kappa shape index (κ2) is 7.16. The first-order valence-electron chi connectivity index (χ1n) is 10.2. The molecule has 1 aromatic carbocycles. The maximum atomic E-state index is 6.70. The number of piperidine rings is 1. The summed E-state index contributed by atoms with van der Waals surface area (Å²) in [6.07, 6.45) is 7.74. The van der Waals surface area contributed by atoms with Gasteiger partial charge in [-0.2, -0.15) is 5.10 Å². The Morgan fingerprint density at radius 1 is 1.18 bits per heavy atom. The normalized spacial score (nSPS) is 23.1. The molecule has 6 heteroatoms. The van der Waals surface area contributed by atoms with Crippen molar-refractivity contribution in [1.82, 2.24) is 14.9 Å². The Morgan fingerprint density at radius 3 is 2.71 bits per heavy atom. The number of pyridine rings is 1. The van der Waals surface area contributed by atoms with E-state index in [0.29, 0.717) is 0 Å². The van der Waals surface area contributed by atoms with Crippen molar-refractivity contribution in [1.29, 1.82) is 0 Å². The third-order valence-electron chi connectivity index (χ3n) is 6.15. The minimum absolute atomic E-state index is 0.224. The average Bonchev–Trinajstić information content (AvgIpc) is 3.18. The molecule has 4 heterocycles. The summed E-state index contributed by atoms with van der Waals surface area (Å²) in [4.78, 5) is 6.71. The van der Waals surface area contributed by atoms with Crippen LogP contribution >= 0.6 is 15.9 Å². The van der Waals surface area contributed by atoms with Crippen LogP contribution in [0.15, 0.2) is 52.3 Å². The van der Waals surface area contributed by atoms with Crippen LogP contribution in [0, 0.1) is 0 Å². The number of fused-ring (bicyclic) bond motifs is 4. The third kappa shape index (κ3) is 3.03. The fourth-order valence-electron chi connectivity index (χ4n) is 4.74. The van der Waals surface area contributed by atoms with E-state index < -0.39 is 0 Å². The number of rotatable bonds is 3. The van der Waals surface area contributed by atoms with Gasteiger partial charge in [0.2, 0.25) is 5.72 Å². The predicted octanol–water partition coefficient (Wildman–Crippen LogP) is 4.59. The molecule has 0 saturated carbocycles. The Hall–Kier alpha value is -1.92. The van der Waals surface area contributed by atoms with E-state index in [1.165, 1.54) is 12.0 Å². The largest absolute Gasteiger partial charge is 0.466 e. The molecule has 2 aromatic rings. The lowest BCUT2D eigenvalue weighted by molar-refractivity contribution is -0.149. The topological polar surface area (TPSA) is 41.0 Å². The number of hydrogen-bond donors (Lipinski definition) is 0. The van der Waals surface area contributed by atoms with Crippen LogP contribution in [-0.2, 0) is 0 Å². The second-order valence-corrected chi connectivity index (χ2v) is 8.83. The molecule has 0 unspecified atom stereocenters. The highest BCUT2D eigenvalue weighted by atomic mass is 79.9. The standard InChI is InChI=1S/C22H25BrN4O/c1-2-11-26-12-7-22(8-13-26)27-20(18-14-17(23)3-4-21(18)28-22)15-19(25-27)16-5-9-24-10-6-16/h3-6,9-10,14,20H,2,7-8,11-13,15H2,1H3/t20-/m1/s1. The van der Waals surface area contributed by atoms with E-state index in [-0.39, 0.29) is 11.8 Å². The lowest BCUT2D eigenvalue weighted by Crippen LogP contribution is -2.59. The first-order chi connectivity index (χ1) is 13.7. The van der Waals surface area contributed by atoms with E-state index in [9.17, 15) is 0 Å². The number of aromatic nitrogens is 1. The van der Waals surface area contributed by atoms with E-state index in [4.69, 9.17) is 9.84 Å². The fourth-order valence-corrected chi connectivity index (χ4v) is 5.12. The van der Waals surface area contributed by atoms with Crippen LogP contribution in [0.3, 0.4) is 0 Å². The number of halogens is 1. The van der Waals surface area contributed by atoms with Gasteiger partial charge in [0.1, 0.15) is 5.75 Å². The van der Waals surface area contributed by atoms with Crippen molar-refractivity contribution >= 4 is 21.6 Å². The van der Waals surface area contributed by atoms with Crippen LogP contribution < -0.4 is 4.74 Å². The van der Waals surface area contributed by atoms with Crippen LogP contribution in [-0.4, -0.2) is 46.0 Å². The first-order valence-corrected chi connectivity index (χ1v) is 11.0. The molecule has 3 aliphatic heterocycles. The maximum absolute atomic E-state index is 6.70. The average molecular weight is 441 g/mol. The van der Waals surface area contributed by atoms with Crippen LogP contribution in [0.4, 0.5) is 0 Å². The van der Waals surface area contributed by atoms with Crippen molar-refractivity contribution in [3.63, 3.8) is 0 Å². The number of benzene rings is 1. The molecule has 0 amide bonds. The molecule has 5 nitrogen and oxygen atoms in total. The molecular formula is C22H25BrN4O. The van der Waals surface area contributed by atoms with E-state index in [1.807, 2.05) is 12.4 Å². The number of nitrogens with zero attached hydrogens (tertiary/aromatic N) is 4. The number of likely N-dealkylation sites (tertiary alicyclic amines) is 1. The van der Waals surface area contributed by atoms with Crippen molar-refractivity contribution < 1.29 is 4.74 Å². The van der Waals surface area contributed by atoms with Gasteiger partial charge in [0.25, 0.3) is 0 Å². The van der Waals surface area contributed by atoms with Gasteiger partial charge in [-0.3, -0.25) is 4.98 Å². The van der Waals surface area contributed by atoms with Gasteiger partial charge in [0.15, 0.2) is 0 Å². The van der Waals surface area contributed by atoms with Crippen molar-refractivity contribution in [2.75, 3.05) is 19.6 Å².